The SMILES string of the molecule is O=C(NCc1ccc(F)c(CO)c1)Nc1c(F)cc(Cl)cc1F. The lowest BCUT2D eigenvalue weighted by Gasteiger charge is -2.10. The number of carbonyl (C=O) groups is 1. The van der Waals surface area contributed by atoms with E-state index >= 15 is 0 Å². The number of benzene rings is 2. The first-order valence-corrected chi connectivity index (χ1v) is 6.86. The van der Waals surface area contributed by atoms with Gasteiger partial charge in [-0.2, -0.15) is 0 Å². The van der Waals surface area contributed by atoms with Gasteiger partial charge in [-0.05, 0) is 29.8 Å². The number of hydrogen-bond donors (Lipinski definition) is 3. The van der Waals surface area contributed by atoms with Gasteiger partial charge < -0.3 is 15.7 Å². The Morgan fingerprint density at radius 2 is 1.74 bits per heavy atom. The molecule has 2 aromatic carbocycles. The lowest BCUT2D eigenvalue weighted by molar-refractivity contribution is 0.251. The highest BCUT2D eigenvalue weighted by Gasteiger charge is 2.13. The van der Waals surface area contributed by atoms with E-state index in [-0.39, 0.29) is 17.1 Å². The molecular formula is C15H12ClF3N2O2. The van der Waals surface area contributed by atoms with E-state index in [1.165, 1.54) is 12.1 Å². The Morgan fingerprint density at radius 1 is 1.09 bits per heavy atom. The number of aliphatic hydroxyl groups excluding tert-OH is 1. The Kier molecular flexibility index (Phi) is 5.46. The predicted molar refractivity (Wildman–Crippen MR) is 79.5 cm³/mol. The highest BCUT2D eigenvalue weighted by molar-refractivity contribution is 6.30. The molecule has 0 heterocycles. The maximum atomic E-state index is 13.5. The largest absolute Gasteiger partial charge is 0.392 e. The van der Waals surface area contributed by atoms with Crippen molar-refractivity contribution in [3.8, 4) is 0 Å². The predicted octanol–water partition coefficient (Wildman–Crippen LogP) is 3.57. The summed E-state index contributed by atoms with van der Waals surface area (Å²) in [5.74, 6) is -2.57. The minimum Gasteiger partial charge on any atom is -0.392 e. The molecule has 0 aliphatic heterocycles. The number of rotatable bonds is 4. The summed E-state index contributed by atoms with van der Waals surface area (Å²) in [4.78, 5) is 11.7. The molecule has 0 aliphatic carbocycles. The number of carbonyl (C=O) groups excluding carboxylic acids is 1. The molecule has 23 heavy (non-hydrogen) atoms. The highest BCUT2D eigenvalue weighted by atomic mass is 35.5. The third-order valence-corrected chi connectivity index (χ3v) is 3.20. The van der Waals surface area contributed by atoms with E-state index in [2.05, 4.69) is 5.32 Å². The molecule has 2 rings (SSSR count). The zero-order valence-corrected chi connectivity index (χ0v) is 12.4. The number of halogens is 4. The quantitative estimate of drug-likeness (QED) is 0.794. The zero-order valence-electron chi connectivity index (χ0n) is 11.7. The van der Waals surface area contributed by atoms with E-state index in [9.17, 15) is 18.0 Å². The summed E-state index contributed by atoms with van der Waals surface area (Å²) < 4.78 is 40.3. The summed E-state index contributed by atoms with van der Waals surface area (Å²) >= 11 is 5.48. The van der Waals surface area contributed by atoms with E-state index in [1.54, 1.807) is 0 Å². The molecule has 122 valence electrons. The molecule has 0 unspecified atom stereocenters. The fourth-order valence-corrected chi connectivity index (χ4v) is 2.05. The van der Waals surface area contributed by atoms with Gasteiger partial charge >= 0.3 is 6.03 Å². The van der Waals surface area contributed by atoms with Gasteiger partial charge in [-0.3, -0.25) is 0 Å². The molecule has 0 bridgehead atoms. The number of urea groups is 1. The van der Waals surface area contributed by atoms with Gasteiger partial charge in [0.05, 0.1) is 6.61 Å². The van der Waals surface area contributed by atoms with Crippen LogP contribution >= 0.6 is 11.6 Å². The lowest BCUT2D eigenvalue weighted by atomic mass is 10.1. The van der Waals surface area contributed by atoms with Crippen LogP contribution in [-0.4, -0.2) is 11.1 Å². The third-order valence-electron chi connectivity index (χ3n) is 2.98. The van der Waals surface area contributed by atoms with E-state index < -0.39 is 35.8 Å². The van der Waals surface area contributed by atoms with Gasteiger partial charge in [-0.15, -0.1) is 0 Å². The summed E-state index contributed by atoms with van der Waals surface area (Å²) in [5.41, 5.74) is -0.0239. The van der Waals surface area contributed by atoms with Crippen LogP contribution in [0.1, 0.15) is 11.1 Å². The molecule has 0 saturated heterocycles. The second-order valence-corrected chi connectivity index (χ2v) is 5.07. The van der Waals surface area contributed by atoms with Crippen molar-refractivity contribution in [1.29, 1.82) is 0 Å². The summed E-state index contributed by atoms with van der Waals surface area (Å²) in [5, 5.41) is 13.2. The molecular weight excluding hydrogens is 333 g/mol. The number of anilines is 1. The summed E-state index contributed by atoms with van der Waals surface area (Å²) in [6, 6.07) is 4.83. The van der Waals surface area contributed by atoms with E-state index in [1.807, 2.05) is 5.32 Å². The fourth-order valence-electron chi connectivity index (χ4n) is 1.86. The molecule has 0 aromatic heterocycles. The standard InChI is InChI=1S/C15H12ClF3N2O2/c16-10-4-12(18)14(13(19)5-10)21-15(23)20-6-8-1-2-11(17)9(3-8)7-22/h1-5,22H,6-7H2,(H2,20,21,23). The van der Waals surface area contributed by atoms with Crippen molar-refractivity contribution in [2.45, 2.75) is 13.2 Å². The smallest absolute Gasteiger partial charge is 0.319 e. The van der Waals surface area contributed by atoms with Crippen LogP contribution in [0.3, 0.4) is 0 Å². The Balaban J connectivity index is 2.01. The monoisotopic (exact) mass is 344 g/mol. The number of amides is 2. The van der Waals surface area contributed by atoms with Gasteiger partial charge in [-0.25, -0.2) is 18.0 Å². The van der Waals surface area contributed by atoms with Crippen LogP contribution in [0.5, 0.6) is 0 Å². The molecule has 0 spiro atoms. The number of hydrogen-bond acceptors (Lipinski definition) is 2. The highest BCUT2D eigenvalue weighted by Crippen LogP contribution is 2.23. The van der Waals surface area contributed by atoms with E-state index in [0.717, 1.165) is 18.2 Å². The Bertz CT molecular complexity index is 718. The Morgan fingerprint density at radius 3 is 2.35 bits per heavy atom. The minimum absolute atomic E-state index is 0.0179. The first-order valence-electron chi connectivity index (χ1n) is 6.48. The van der Waals surface area contributed by atoms with Crippen LogP contribution in [0.2, 0.25) is 5.02 Å². The molecule has 0 aliphatic rings. The van der Waals surface area contributed by atoms with Crippen molar-refractivity contribution >= 4 is 23.3 Å². The number of aliphatic hydroxyl groups is 1. The normalized spacial score (nSPS) is 10.5. The molecule has 3 N–H and O–H groups in total. The number of nitrogens with one attached hydrogen (secondary N) is 2. The Labute approximate surface area is 134 Å². The summed E-state index contributed by atoms with van der Waals surface area (Å²) in [6.07, 6.45) is 0. The maximum absolute atomic E-state index is 13.5. The molecule has 0 fully saturated rings. The van der Waals surface area contributed by atoms with Crippen molar-refractivity contribution in [1.82, 2.24) is 5.32 Å². The average molecular weight is 345 g/mol. The molecule has 0 saturated carbocycles. The molecule has 8 heteroatoms. The van der Waals surface area contributed by atoms with Crippen molar-refractivity contribution < 1.29 is 23.1 Å². The van der Waals surface area contributed by atoms with Crippen molar-refractivity contribution in [2.75, 3.05) is 5.32 Å². The topological polar surface area (TPSA) is 61.4 Å². The van der Waals surface area contributed by atoms with Crippen molar-refractivity contribution in [3.63, 3.8) is 0 Å². The summed E-state index contributed by atoms with van der Waals surface area (Å²) in [7, 11) is 0. The maximum Gasteiger partial charge on any atom is 0.319 e. The second kappa shape index (κ2) is 7.34. The van der Waals surface area contributed by atoms with Gasteiger partial charge in [0, 0.05) is 17.1 Å². The van der Waals surface area contributed by atoms with Crippen molar-refractivity contribution in [2.24, 2.45) is 0 Å². The third kappa shape index (κ3) is 4.37. The van der Waals surface area contributed by atoms with Gasteiger partial charge in [0.15, 0.2) is 11.6 Å². The summed E-state index contributed by atoms with van der Waals surface area (Å²) in [6.45, 7) is -0.497. The first kappa shape index (κ1) is 17.1. The van der Waals surface area contributed by atoms with Crippen LogP contribution in [0.25, 0.3) is 0 Å². The molecule has 2 amide bonds. The van der Waals surface area contributed by atoms with Crippen LogP contribution in [0, 0.1) is 17.5 Å². The average Bonchev–Trinajstić information content (AvgIpc) is 2.50. The molecule has 0 atom stereocenters. The van der Waals surface area contributed by atoms with E-state index in [0.29, 0.717) is 5.56 Å². The minimum atomic E-state index is -1.01. The Hall–Kier alpha value is -2.25. The van der Waals surface area contributed by atoms with Crippen LogP contribution in [0.15, 0.2) is 30.3 Å². The molecule has 4 nitrogen and oxygen atoms in total. The van der Waals surface area contributed by atoms with Gasteiger partial charge in [0.1, 0.15) is 11.5 Å². The molecule has 2 aromatic rings. The van der Waals surface area contributed by atoms with Crippen molar-refractivity contribution in [3.05, 3.63) is 63.9 Å². The lowest BCUT2D eigenvalue weighted by Crippen LogP contribution is -2.29. The van der Waals surface area contributed by atoms with Crippen LogP contribution in [0.4, 0.5) is 23.7 Å². The van der Waals surface area contributed by atoms with E-state index in [4.69, 9.17) is 16.7 Å². The van der Waals surface area contributed by atoms with Gasteiger partial charge in [0.2, 0.25) is 0 Å². The van der Waals surface area contributed by atoms with Crippen LogP contribution in [-0.2, 0) is 13.2 Å². The fraction of sp³-hybridized carbons (Fsp3) is 0.133. The first-order chi connectivity index (χ1) is 10.9. The van der Waals surface area contributed by atoms with Gasteiger partial charge in [-0.1, -0.05) is 17.7 Å². The molecule has 0 radical (unpaired) electrons. The van der Waals surface area contributed by atoms with Crippen LogP contribution < -0.4 is 10.6 Å². The second-order valence-electron chi connectivity index (χ2n) is 4.64. The zero-order chi connectivity index (χ0) is 17.0. The van der Waals surface area contributed by atoms with Gasteiger partial charge in [0.25, 0.3) is 0 Å².